The average Bonchev–Trinajstić information content (AvgIpc) is 3.20. The zero-order valence-electron chi connectivity index (χ0n) is 17.1. The number of hydrogen-bond acceptors (Lipinski definition) is 3. The van der Waals surface area contributed by atoms with E-state index in [0.29, 0.717) is 42.5 Å². The standard InChI is InChI=1S/C23H24ClFN4O/c1-16(2)22-19(15-26-29(22)18-9-7-17(24)8-10-18)23(30)28-13-11-27(12-14-28)21-6-4-3-5-20(21)25/h3-10,15-16H,11-14H2,1-2H3. The molecular formula is C23H24ClFN4O. The van der Waals surface area contributed by atoms with Crippen molar-refractivity contribution in [3.05, 3.63) is 76.8 Å². The second-order valence-corrected chi connectivity index (χ2v) is 8.15. The van der Waals surface area contributed by atoms with Crippen LogP contribution in [-0.4, -0.2) is 46.8 Å². The number of halogens is 2. The van der Waals surface area contributed by atoms with Gasteiger partial charge in [0.25, 0.3) is 5.91 Å². The summed E-state index contributed by atoms with van der Waals surface area (Å²) in [6.07, 6.45) is 1.65. The molecule has 7 heteroatoms. The Morgan fingerprint density at radius 3 is 2.33 bits per heavy atom. The number of para-hydroxylation sites is 1. The molecule has 1 aliphatic heterocycles. The molecule has 1 amide bonds. The first kappa shape index (κ1) is 20.4. The predicted molar refractivity (Wildman–Crippen MR) is 117 cm³/mol. The van der Waals surface area contributed by atoms with Crippen molar-refractivity contribution in [1.82, 2.24) is 14.7 Å². The van der Waals surface area contributed by atoms with E-state index in [4.69, 9.17) is 11.6 Å². The molecule has 0 saturated carbocycles. The molecule has 4 rings (SSSR count). The van der Waals surface area contributed by atoms with Crippen LogP contribution < -0.4 is 4.90 Å². The molecule has 1 fully saturated rings. The molecule has 2 heterocycles. The van der Waals surface area contributed by atoms with E-state index in [0.717, 1.165) is 11.4 Å². The van der Waals surface area contributed by atoms with Crippen molar-refractivity contribution in [1.29, 1.82) is 0 Å². The van der Waals surface area contributed by atoms with Gasteiger partial charge in [-0.15, -0.1) is 0 Å². The van der Waals surface area contributed by atoms with Gasteiger partial charge in [0.2, 0.25) is 0 Å². The largest absolute Gasteiger partial charge is 0.366 e. The molecule has 2 aromatic carbocycles. The summed E-state index contributed by atoms with van der Waals surface area (Å²) in [5.41, 5.74) is 2.94. The molecule has 156 valence electrons. The van der Waals surface area contributed by atoms with Crippen LogP contribution in [0.15, 0.2) is 54.7 Å². The van der Waals surface area contributed by atoms with Gasteiger partial charge >= 0.3 is 0 Å². The van der Waals surface area contributed by atoms with Gasteiger partial charge in [0, 0.05) is 31.2 Å². The summed E-state index contributed by atoms with van der Waals surface area (Å²) in [6, 6.07) is 14.2. The number of carbonyl (C=O) groups is 1. The Morgan fingerprint density at radius 1 is 1.03 bits per heavy atom. The maximum Gasteiger partial charge on any atom is 0.257 e. The molecule has 3 aromatic rings. The molecule has 5 nitrogen and oxygen atoms in total. The summed E-state index contributed by atoms with van der Waals surface area (Å²) in [4.78, 5) is 17.1. The molecule has 0 spiro atoms. The van der Waals surface area contributed by atoms with E-state index in [1.807, 2.05) is 44.8 Å². The Kier molecular flexibility index (Phi) is 5.77. The number of rotatable bonds is 4. The number of carbonyl (C=O) groups excluding carboxylic acids is 1. The number of aromatic nitrogens is 2. The second-order valence-electron chi connectivity index (χ2n) is 7.72. The number of anilines is 1. The summed E-state index contributed by atoms with van der Waals surface area (Å²) in [6.45, 7) is 6.37. The van der Waals surface area contributed by atoms with E-state index < -0.39 is 0 Å². The highest BCUT2D eigenvalue weighted by atomic mass is 35.5. The van der Waals surface area contributed by atoms with Gasteiger partial charge in [-0.1, -0.05) is 37.6 Å². The van der Waals surface area contributed by atoms with Crippen molar-refractivity contribution in [2.45, 2.75) is 19.8 Å². The van der Waals surface area contributed by atoms with Crippen molar-refractivity contribution < 1.29 is 9.18 Å². The number of nitrogens with zero attached hydrogens (tertiary/aromatic N) is 4. The third kappa shape index (κ3) is 3.92. The molecule has 1 aliphatic rings. The number of amides is 1. The lowest BCUT2D eigenvalue weighted by Gasteiger charge is -2.36. The third-order valence-electron chi connectivity index (χ3n) is 5.41. The summed E-state index contributed by atoms with van der Waals surface area (Å²) in [7, 11) is 0. The van der Waals surface area contributed by atoms with Crippen molar-refractivity contribution in [2.75, 3.05) is 31.1 Å². The van der Waals surface area contributed by atoms with Gasteiger partial charge in [0.1, 0.15) is 5.82 Å². The highest BCUT2D eigenvalue weighted by molar-refractivity contribution is 6.30. The lowest BCUT2D eigenvalue weighted by atomic mass is 10.0. The van der Waals surface area contributed by atoms with Crippen LogP contribution in [0, 0.1) is 5.82 Å². The van der Waals surface area contributed by atoms with Crippen LogP contribution in [-0.2, 0) is 0 Å². The first-order chi connectivity index (χ1) is 14.5. The molecule has 0 aliphatic carbocycles. The minimum atomic E-state index is -0.233. The van der Waals surface area contributed by atoms with Crippen molar-refractivity contribution in [3.63, 3.8) is 0 Å². The smallest absolute Gasteiger partial charge is 0.257 e. The minimum absolute atomic E-state index is 0.0351. The Labute approximate surface area is 180 Å². The van der Waals surface area contributed by atoms with Crippen molar-refractivity contribution >= 4 is 23.2 Å². The Morgan fingerprint density at radius 2 is 1.70 bits per heavy atom. The Hall–Kier alpha value is -2.86. The molecule has 0 radical (unpaired) electrons. The van der Waals surface area contributed by atoms with E-state index >= 15 is 0 Å². The molecule has 30 heavy (non-hydrogen) atoms. The first-order valence-corrected chi connectivity index (χ1v) is 10.5. The predicted octanol–water partition coefficient (Wildman–Crippen LogP) is 4.75. The van der Waals surface area contributed by atoms with E-state index in [-0.39, 0.29) is 17.6 Å². The maximum absolute atomic E-state index is 14.1. The summed E-state index contributed by atoms with van der Waals surface area (Å²) >= 11 is 6.01. The highest BCUT2D eigenvalue weighted by Gasteiger charge is 2.28. The van der Waals surface area contributed by atoms with Gasteiger partial charge in [-0.05, 0) is 42.3 Å². The van der Waals surface area contributed by atoms with Gasteiger partial charge in [0.05, 0.1) is 28.8 Å². The van der Waals surface area contributed by atoms with Gasteiger partial charge < -0.3 is 9.80 Å². The fraction of sp³-hybridized carbons (Fsp3) is 0.304. The fourth-order valence-corrected chi connectivity index (χ4v) is 4.02. The Bertz CT molecular complexity index is 1040. The summed E-state index contributed by atoms with van der Waals surface area (Å²) < 4.78 is 15.9. The monoisotopic (exact) mass is 426 g/mol. The molecule has 0 bridgehead atoms. The van der Waals surface area contributed by atoms with Crippen molar-refractivity contribution in [2.24, 2.45) is 0 Å². The zero-order valence-corrected chi connectivity index (χ0v) is 17.8. The molecule has 0 N–H and O–H groups in total. The highest BCUT2D eigenvalue weighted by Crippen LogP contribution is 2.26. The third-order valence-corrected chi connectivity index (χ3v) is 5.67. The summed E-state index contributed by atoms with van der Waals surface area (Å²) in [5.74, 6) is -0.155. The number of benzene rings is 2. The number of piperazine rings is 1. The molecule has 1 saturated heterocycles. The molecular weight excluding hydrogens is 403 g/mol. The summed E-state index contributed by atoms with van der Waals surface area (Å²) in [5, 5.41) is 5.15. The Balaban J connectivity index is 1.54. The van der Waals surface area contributed by atoms with E-state index in [9.17, 15) is 9.18 Å². The van der Waals surface area contributed by atoms with Gasteiger partial charge in [-0.25, -0.2) is 9.07 Å². The van der Waals surface area contributed by atoms with Gasteiger partial charge in [0.15, 0.2) is 0 Å². The van der Waals surface area contributed by atoms with E-state index in [1.165, 1.54) is 6.07 Å². The molecule has 1 aromatic heterocycles. The maximum atomic E-state index is 14.1. The minimum Gasteiger partial charge on any atom is -0.366 e. The second kappa shape index (κ2) is 8.48. The SMILES string of the molecule is CC(C)c1c(C(=O)N2CCN(c3ccccc3F)CC2)cnn1-c1ccc(Cl)cc1. The topological polar surface area (TPSA) is 41.4 Å². The van der Waals surface area contributed by atoms with Crippen molar-refractivity contribution in [3.8, 4) is 5.69 Å². The van der Waals surface area contributed by atoms with Crippen LogP contribution in [0.1, 0.15) is 35.8 Å². The van der Waals surface area contributed by atoms with E-state index in [1.54, 1.807) is 18.3 Å². The van der Waals surface area contributed by atoms with Crippen LogP contribution in [0.3, 0.4) is 0 Å². The average molecular weight is 427 g/mol. The normalized spacial score (nSPS) is 14.4. The van der Waals surface area contributed by atoms with E-state index in [2.05, 4.69) is 18.9 Å². The van der Waals surface area contributed by atoms with Crippen LogP contribution in [0.5, 0.6) is 0 Å². The lowest BCUT2D eigenvalue weighted by Crippen LogP contribution is -2.49. The van der Waals surface area contributed by atoms with Crippen LogP contribution >= 0.6 is 11.6 Å². The van der Waals surface area contributed by atoms with Gasteiger partial charge in [-0.2, -0.15) is 5.10 Å². The van der Waals surface area contributed by atoms with Crippen LogP contribution in [0.2, 0.25) is 5.02 Å². The molecule has 0 atom stereocenters. The quantitative estimate of drug-likeness (QED) is 0.604. The van der Waals surface area contributed by atoms with Crippen LogP contribution in [0.25, 0.3) is 5.69 Å². The lowest BCUT2D eigenvalue weighted by molar-refractivity contribution is 0.0745. The fourth-order valence-electron chi connectivity index (χ4n) is 3.90. The molecule has 0 unspecified atom stereocenters. The first-order valence-electron chi connectivity index (χ1n) is 10.1. The van der Waals surface area contributed by atoms with Crippen LogP contribution in [0.4, 0.5) is 10.1 Å². The van der Waals surface area contributed by atoms with Gasteiger partial charge in [-0.3, -0.25) is 4.79 Å². The number of hydrogen-bond donors (Lipinski definition) is 0. The zero-order chi connectivity index (χ0) is 21.3.